The summed E-state index contributed by atoms with van der Waals surface area (Å²) >= 11 is 3.13. The van der Waals surface area contributed by atoms with Crippen LogP contribution in [-0.4, -0.2) is 34.0 Å². The number of carbonyl (C=O) groups excluding carboxylic acids is 1. The average Bonchev–Trinajstić information content (AvgIpc) is 3.06. The number of hydrogen-bond acceptors (Lipinski definition) is 5. The maximum absolute atomic E-state index is 13.1. The number of thioether (sulfide) groups is 2. The molecule has 3 rings (SSSR count). The first-order valence-corrected chi connectivity index (χ1v) is 10.2. The van der Waals surface area contributed by atoms with Gasteiger partial charge in [0.25, 0.3) is 5.91 Å². The zero-order valence-electron chi connectivity index (χ0n) is 15.6. The minimum absolute atomic E-state index is 0.00440. The van der Waals surface area contributed by atoms with Gasteiger partial charge in [-0.25, -0.2) is 4.99 Å². The van der Waals surface area contributed by atoms with E-state index in [0.29, 0.717) is 11.7 Å². The Hall–Kier alpha value is -1.92. The van der Waals surface area contributed by atoms with Crippen molar-refractivity contribution >= 4 is 40.3 Å². The number of hydrogen-bond donors (Lipinski definition) is 0. The van der Waals surface area contributed by atoms with Crippen LogP contribution in [0.4, 0.5) is 5.69 Å². The first-order chi connectivity index (χ1) is 12.5. The average molecular weight is 386 g/mol. The zero-order chi connectivity index (χ0) is 18.8. The molecule has 0 N–H and O–H groups in total. The Kier molecular flexibility index (Phi) is 5.63. The normalized spacial score (nSPS) is 22.2. The number of nitrogens with zero attached hydrogens (tertiary/aromatic N) is 3. The van der Waals surface area contributed by atoms with Crippen molar-refractivity contribution in [3.63, 3.8) is 0 Å². The Labute approximate surface area is 163 Å². The summed E-state index contributed by atoms with van der Waals surface area (Å²) in [6, 6.07) is 8.00. The number of rotatable bonds is 4. The molecule has 2 aliphatic rings. The summed E-state index contributed by atoms with van der Waals surface area (Å²) in [7, 11) is 0. The minimum atomic E-state index is 0.00440. The van der Waals surface area contributed by atoms with E-state index in [1.54, 1.807) is 22.7 Å². The Morgan fingerprint density at radius 3 is 2.62 bits per heavy atom. The van der Waals surface area contributed by atoms with Crippen LogP contribution in [0.5, 0.6) is 0 Å². The summed E-state index contributed by atoms with van der Waals surface area (Å²) in [5.74, 6) is 0.00440. The van der Waals surface area contributed by atoms with Crippen LogP contribution in [0.15, 0.2) is 62.4 Å². The lowest BCUT2D eigenvalue weighted by molar-refractivity contribution is -0.122. The van der Waals surface area contributed by atoms with Crippen LogP contribution in [0.1, 0.15) is 26.3 Å². The highest BCUT2D eigenvalue weighted by molar-refractivity contribution is 8.19. The summed E-state index contributed by atoms with van der Waals surface area (Å²) in [6.45, 7) is 13.4. The lowest BCUT2D eigenvalue weighted by Crippen LogP contribution is -2.29. The van der Waals surface area contributed by atoms with Crippen molar-refractivity contribution in [1.82, 2.24) is 9.80 Å². The van der Waals surface area contributed by atoms with Crippen LogP contribution >= 0.6 is 23.5 Å². The van der Waals surface area contributed by atoms with Crippen molar-refractivity contribution in [2.24, 2.45) is 4.99 Å². The van der Waals surface area contributed by atoms with Crippen LogP contribution in [0.25, 0.3) is 0 Å². The summed E-state index contributed by atoms with van der Waals surface area (Å²) in [4.78, 5) is 23.7. The highest BCUT2D eigenvalue weighted by Gasteiger charge is 2.38. The molecule has 136 valence electrons. The zero-order valence-corrected chi connectivity index (χ0v) is 17.2. The molecule has 0 unspecified atom stereocenters. The number of allylic oxidation sites excluding steroid dienone is 2. The summed E-state index contributed by atoms with van der Waals surface area (Å²) in [6.07, 6.45) is 1.74. The summed E-state index contributed by atoms with van der Waals surface area (Å²) in [5, 5.41) is 1.72. The van der Waals surface area contributed by atoms with E-state index in [2.05, 4.69) is 32.3 Å². The van der Waals surface area contributed by atoms with Crippen LogP contribution in [0, 0.1) is 6.92 Å². The second kappa shape index (κ2) is 7.76. The standard InChI is InChI=1S/C20H23N3OS2/c1-6-11-23-18(24)17(19-22(7-2)14(4)15(5)25-19)26-20(23)21-16-10-8-9-13(3)12-16/h6,8-10,12H,1,7,11H2,2-5H3/b19-17+,21-20?. The Morgan fingerprint density at radius 1 is 1.19 bits per heavy atom. The van der Waals surface area contributed by atoms with Crippen molar-refractivity contribution in [2.45, 2.75) is 27.7 Å². The van der Waals surface area contributed by atoms with Gasteiger partial charge in [-0.1, -0.05) is 30.0 Å². The smallest absolute Gasteiger partial charge is 0.269 e. The van der Waals surface area contributed by atoms with Gasteiger partial charge in [0.2, 0.25) is 0 Å². The highest BCUT2D eigenvalue weighted by atomic mass is 32.2. The van der Waals surface area contributed by atoms with E-state index in [9.17, 15) is 4.79 Å². The lowest BCUT2D eigenvalue weighted by atomic mass is 10.2. The Balaban J connectivity index is 2.02. The third-order valence-corrected chi connectivity index (χ3v) is 6.74. The predicted molar refractivity (Wildman–Crippen MR) is 113 cm³/mol. The van der Waals surface area contributed by atoms with E-state index < -0.39 is 0 Å². The van der Waals surface area contributed by atoms with Gasteiger partial charge in [0.15, 0.2) is 5.17 Å². The van der Waals surface area contributed by atoms with Gasteiger partial charge in [-0.05, 0) is 57.2 Å². The van der Waals surface area contributed by atoms with Gasteiger partial charge < -0.3 is 4.90 Å². The van der Waals surface area contributed by atoms with Gasteiger partial charge in [-0.2, -0.15) is 0 Å². The maximum atomic E-state index is 13.1. The van der Waals surface area contributed by atoms with Crippen molar-refractivity contribution in [2.75, 3.05) is 13.1 Å². The monoisotopic (exact) mass is 385 g/mol. The first kappa shape index (κ1) is 18.9. The molecule has 0 saturated carbocycles. The van der Waals surface area contributed by atoms with E-state index in [4.69, 9.17) is 4.99 Å². The lowest BCUT2D eigenvalue weighted by Gasteiger charge is -2.20. The molecule has 26 heavy (non-hydrogen) atoms. The van der Waals surface area contributed by atoms with Crippen molar-refractivity contribution in [1.29, 1.82) is 0 Å². The van der Waals surface area contributed by atoms with E-state index in [-0.39, 0.29) is 5.91 Å². The van der Waals surface area contributed by atoms with Crippen LogP contribution in [-0.2, 0) is 4.79 Å². The third-order valence-electron chi connectivity index (χ3n) is 4.32. The van der Waals surface area contributed by atoms with Crippen LogP contribution in [0.2, 0.25) is 0 Å². The predicted octanol–water partition coefficient (Wildman–Crippen LogP) is 5.23. The molecule has 4 nitrogen and oxygen atoms in total. The largest absolute Gasteiger partial charge is 0.338 e. The van der Waals surface area contributed by atoms with E-state index in [1.807, 2.05) is 31.2 Å². The minimum Gasteiger partial charge on any atom is -0.338 e. The molecule has 0 bridgehead atoms. The molecule has 1 fully saturated rings. The molecule has 1 saturated heterocycles. The third kappa shape index (κ3) is 3.48. The van der Waals surface area contributed by atoms with Crippen LogP contribution < -0.4 is 0 Å². The van der Waals surface area contributed by atoms with Gasteiger partial charge in [-0.3, -0.25) is 9.69 Å². The molecule has 1 amide bonds. The molecule has 1 aromatic rings. The molecule has 0 atom stereocenters. The molecule has 2 aliphatic heterocycles. The molecule has 1 aromatic carbocycles. The Morgan fingerprint density at radius 2 is 1.96 bits per heavy atom. The molecular formula is C20H23N3OS2. The fraction of sp³-hybridized carbons (Fsp3) is 0.300. The number of carbonyl (C=O) groups is 1. The number of benzene rings is 1. The van der Waals surface area contributed by atoms with Gasteiger partial charge in [0.05, 0.1) is 10.7 Å². The van der Waals surface area contributed by atoms with Gasteiger partial charge in [0.1, 0.15) is 4.91 Å². The number of amidine groups is 1. The molecule has 0 radical (unpaired) electrons. The fourth-order valence-corrected chi connectivity index (χ4v) is 5.23. The van der Waals surface area contributed by atoms with Crippen LogP contribution in [0.3, 0.4) is 0 Å². The first-order valence-electron chi connectivity index (χ1n) is 8.59. The molecule has 6 heteroatoms. The molecule has 2 heterocycles. The van der Waals surface area contributed by atoms with Gasteiger partial charge in [-0.15, -0.1) is 6.58 Å². The topological polar surface area (TPSA) is 35.9 Å². The molecule has 0 aliphatic carbocycles. The van der Waals surface area contributed by atoms with E-state index in [0.717, 1.165) is 27.7 Å². The van der Waals surface area contributed by atoms with E-state index >= 15 is 0 Å². The molecule has 0 aromatic heterocycles. The second-order valence-corrected chi connectivity index (χ2v) is 8.34. The second-order valence-electron chi connectivity index (χ2n) is 6.16. The number of aryl methyl sites for hydroxylation is 1. The van der Waals surface area contributed by atoms with Crippen molar-refractivity contribution < 1.29 is 4.79 Å². The highest BCUT2D eigenvalue weighted by Crippen LogP contribution is 2.47. The van der Waals surface area contributed by atoms with Gasteiger partial charge >= 0.3 is 0 Å². The SMILES string of the molecule is C=CCN1C(=O)/C(=C2\SC(C)=C(C)N2CC)SC1=Nc1cccc(C)c1. The summed E-state index contributed by atoms with van der Waals surface area (Å²) < 4.78 is 0. The number of aliphatic imine (C=N–C) groups is 1. The summed E-state index contributed by atoms with van der Waals surface area (Å²) in [5.41, 5.74) is 3.22. The van der Waals surface area contributed by atoms with E-state index in [1.165, 1.54) is 22.4 Å². The van der Waals surface area contributed by atoms with Gasteiger partial charge in [0, 0.05) is 23.7 Å². The Bertz CT molecular complexity index is 854. The molecular weight excluding hydrogens is 362 g/mol. The van der Waals surface area contributed by atoms with Crippen molar-refractivity contribution in [3.8, 4) is 0 Å². The molecule has 0 spiro atoms. The maximum Gasteiger partial charge on any atom is 0.269 e. The number of amides is 1. The quantitative estimate of drug-likeness (QED) is 0.525. The van der Waals surface area contributed by atoms with Crippen molar-refractivity contribution in [3.05, 3.63) is 63.0 Å². The fourth-order valence-electron chi connectivity index (χ4n) is 2.88.